The molecule has 0 bridgehead atoms. The van der Waals surface area contributed by atoms with Crippen molar-refractivity contribution in [2.24, 2.45) is 0 Å². The molecule has 0 spiro atoms. The van der Waals surface area contributed by atoms with Crippen molar-refractivity contribution in [3.8, 4) is 5.75 Å². The summed E-state index contributed by atoms with van der Waals surface area (Å²) in [6.45, 7) is 4.48. The van der Waals surface area contributed by atoms with E-state index in [4.69, 9.17) is 30.7 Å². The number of nitrogens with zero attached hydrogens (tertiary/aromatic N) is 1. The number of rotatable bonds is 12. The number of aromatic nitrogens is 2. The minimum absolute atomic E-state index is 0.0262. The Morgan fingerprint density at radius 2 is 2.05 bits per heavy atom. The third kappa shape index (κ3) is 7.35. The van der Waals surface area contributed by atoms with Crippen molar-refractivity contribution >= 4 is 25.9 Å². The minimum atomic E-state index is -4.22. The van der Waals surface area contributed by atoms with E-state index >= 15 is 0 Å². The van der Waals surface area contributed by atoms with E-state index in [1.54, 1.807) is 30.3 Å². The van der Waals surface area contributed by atoms with Gasteiger partial charge in [0.05, 0.1) is 13.2 Å². The van der Waals surface area contributed by atoms with Gasteiger partial charge in [-0.2, -0.15) is 5.09 Å². The van der Waals surface area contributed by atoms with Crippen LogP contribution in [0.25, 0.3) is 0 Å². The topological polar surface area (TPSA) is 161 Å². The number of hydrogen-bond donors (Lipinski definition) is 4. The highest BCUT2D eigenvalue weighted by atomic mass is 32.1. The van der Waals surface area contributed by atoms with Crippen LogP contribution in [-0.2, 0) is 23.4 Å². The van der Waals surface area contributed by atoms with Crippen molar-refractivity contribution in [3.05, 3.63) is 57.7 Å². The van der Waals surface area contributed by atoms with Gasteiger partial charge in [0, 0.05) is 12.3 Å². The smallest absolute Gasteiger partial charge is 0.459 e. The normalized spacial score (nSPS) is 25.8. The van der Waals surface area contributed by atoms with Gasteiger partial charge < -0.3 is 24.2 Å². The van der Waals surface area contributed by atoms with Gasteiger partial charge >= 0.3 is 13.7 Å². The van der Waals surface area contributed by atoms with Crippen LogP contribution in [0.5, 0.6) is 5.75 Å². The largest absolute Gasteiger partial charge is 0.465 e. The molecule has 37 heavy (non-hydrogen) atoms. The first-order valence-electron chi connectivity index (χ1n) is 11.8. The predicted octanol–water partition coefficient (Wildman–Crippen LogP) is 2.44. The zero-order valence-corrected chi connectivity index (χ0v) is 22.4. The lowest BCUT2D eigenvalue weighted by Gasteiger charge is -2.28. The van der Waals surface area contributed by atoms with E-state index in [0.29, 0.717) is 6.42 Å². The van der Waals surface area contributed by atoms with Crippen molar-refractivity contribution in [2.45, 2.75) is 63.7 Å². The van der Waals surface area contributed by atoms with Gasteiger partial charge in [-0.05, 0) is 44.6 Å². The second-order valence-electron chi connectivity index (χ2n) is 8.78. The number of carbonyl (C=O) groups excluding carboxylic acids is 1. The summed E-state index contributed by atoms with van der Waals surface area (Å²) >= 11 is 5.15. The molecule has 1 saturated heterocycles. The van der Waals surface area contributed by atoms with Gasteiger partial charge in [0.1, 0.15) is 29.6 Å². The van der Waals surface area contributed by atoms with Crippen LogP contribution in [0, 0.1) is 4.77 Å². The summed E-state index contributed by atoms with van der Waals surface area (Å²) in [5, 5.41) is 24.3. The number of nitrogens with one attached hydrogen (secondary N) is 2. The first-order chi connectivity index (χ1) is 17.5. The van der Waals surface area contributed by atoms with Crippen molar-refractivity contribution in [2.75, 3.05) is 13.2 Å². The molecule has 2 heterocycles. The number of H-pyrrole nitrogens is 1. The number of benzene rings is 1. The Balaban J connectivity index is 1.77. The Hall–Kier alpha value is -2.38. The van der Waals surface area contributed by atoms with Gasteiger partial charge in [0.2, 0.25) is 0 Å². The Morgan fingerprint density at radius 1 is 1.35 bits per heavy atom. The zero-order chi connectivity index (χ0) is 27.2. The fourth-order valence-electron chi connectivity index (χ4n) is 3.60. The number of hydrogen-bond acceptors (Lipinski definition) is 10. The summed E-state index contributed by atoms with van der Waals surface area (Å²) in [5.41, 5.74) is -2.29. The third-order valence-corrected chi connectivity index (χ3v) is 7.64. The average molecular weight is 558 g/mol. The summed E-state index contributed by atoms with van der Waals surface area (Å²) in [5.74, 6) is -0.427. The molecule has 14 heteroatoms. The number of aliphatic hydroxyl groups excluding tert-OH is 1. The maximum absolute atomic E-state index is 13.7. The molecule has 0 amide bonds. The molecular formula is C23H32N3O9PS. The van der Waals surface area contributed by atoms with Gasteiger partial charge in [-0.15, -0.1) is 0 Å². The van der Waals surface area contributed by atoms with E-state index in [2.05, 4.69) is 10.1 Å². The van der Waals surface area contributed by atoms with Crippen molar-refractivity contribution in [1.82, 2.24) is 14.6 Å². The minimum Gasteiger partial charge on any atom is -0.465 e. The van der Waals surface area contributed by atoms with E-state index in [-0.39, 0.29) is 17.1 Å². The number of esters is 1. The van der Waals surface area contributed by atoms with Crippen molar-refractivity contribution in [3.63, 3.8) is 0 Å². The molecule has 2 aromatic rings. The molecule has 1 aliphatic heterocycles. The lowest BCUT2D eigenvalue weighted by molar-refractivity contribution is -0.145. The molecule has 0 radical (unpaired) electrons. The zero-order valence-electron chi connectivity index (χ0n) is 20.7. The number of ether oxygens (including phenoxy) is 2. The summed E-state index contributed by atoms with van der Waals surface area (Å²) in [7, 11) is -4.22. The lowest BCUT2D eigenvalue weighted by atomic mass is 9.96. The number of para-hydroxylation sites is 1. The van der Waals surface area contributed by atoms with E-state index in [9.17, 15) is 24.4 Å². The lowest BCUT2D eigenvalue weighted by Crippen LogP contribution is -2.45. The van der Waals surface area contributed by atoms with Crippen molar-refractivity contribution < 1.29 is 38.1 Å². The van der Waals surface area contributed by atoms with Crippen LogP contribution in [0.3, 0.4) is 0 Å². The van der Waals surface area contributed by atoms with Crippen LogP contribution in [0.1, 0.15) is 39.8 Å². The quantitative estimate of drug-likeness (QED) is 0.131. The number of carbonyl (C=O) groups is 1. The van der Waals surface area contributed by atoms with Crippen LogP contribution < -0.4 is 15.2 Å². The van der Waals surface area contributed by atoms with Gasteiger partial charge in [-0.1, -0.05) is 31.5 Å². The molecular weight excluding hydrogens is 525 g/mol. The molecule has 4 N–H and O–H groups in total. The summed E-state index contributed by atoms with van der Waals surface area (Å²) in [6, 6.07) is 8.34. The van der Waals surface area contributed by atoms with E-state index < -0.39 is 56.0 Å². The van der Waals surface area contributed by atoms with E-state index in [1.807, 2.05) is 6.92 Å². The number of aliphatic hydroxyl groups is 2. The number of aromatic amines is 1. The fraction of sp³-hybridized carbons (Fsp3) is 0.522. The maximum Gasteiger partial charge on any atom is 0.459 e. The number of unbranched alkanes of at least 4 members (excludes halogenated alkanes) is 1. The summed E-state index contributed by atoms with van der Waals surface area (Å²) in [6.07, 6.45) is -0.997. The average Bonchev–Trinajstić information content (AvgIpc) is 3.07. The van der Waals surface area contributed by atoms with Gasteiger partial charge in [0.25, 0.3) is 5.56 Å². The molecule has 1 fully saturated rings. The highest BCUT2D eigenvalue weighted by molar-refractivity contribution is 7.71. The first-order valence-corrected chi connectivity index (χ1v) is 13.7. The molecule has 0 saturated carbocycles. The van der Waals surface area contributed by atoms with Crippen LogP contribution in [-0.4, -0.2) is 62.8 Å². The van der Waals surface area contributed by atoms with Gasteiger partial charge in [0.15, 0.2) is 11.0 Å². The predicted molar refractivity (Wildman–Crippen MR) is 136 cm³/mol. The molecule has 1 aliphatic rings. The van der Waals surface area contributed by atoms with E-state index in [0.717, 1.165) is 6.42 Å². The molecule has 1 aromatic heterocycles. The molecule has 3 rings (SSSR count). The second kappa shape index (κ2) is 12.4. The summed E-state index contributed by atoms with van der Waals surface area (Å²) < 4.78 is 37.1. The molecule has 1 aromatic carbocycles. The Bertz CT molecular complexity index is 1220. The van der Waals surface area contributed by atoms with Crippen LogP contribution in [0.2, 0.25) is 0 Å². The second-order valence-corrected chi connectivity index (χ2v) is 10.9. The first kappa shape index (κ1) is 29.2. The molecule has 6 atom stereocenters. The molecule has 12 nitrogen and oxygen atoms in total. The van der Waals surface area contributed by atoms with Crippen LogP contribution >= 0.6 is 20.0 Å². The van der Waals surface area contributed by atoms with Crippen molar-refractivity contribution in [1.29, 1.82) is 0 Å². The summed E-state index contributed by atoms with van der Waals surface area (Å²) in [4.78, 5) is 26.3. The molecule has 204 valence electrons. The Labute approximate surface area is 219 Å². The highest BCUT2D eigenvalue weighted by Gasteiger charge is 2.53. The standard InChI is InChI=1S/C23H32N3O9PS/c1-4-5-13-32-20(29)15(2)25-36(31,35-16-9-7-6-8-10-16)33-14-17-19(28)23(3,30)21(34-17)26-12-11-18(27)24-22(26)37/h6-12,15,17,19,21,28,30H,4-5,13-14H2,1-3H3,(H,25,31)(H,24,27,37)/t15-,17+,19-,21+,23?,36+/m0/s1. The van der Waals surface area contributed by atoms with E-state index in [1.165, 1.54) is 30.7 Å². The fourth-order valence-corrected chi connectivity index (χ4v) is 5.36. The SMILES string of the molecule is CCCCOC(=O)[C@H](C)N[P@@](=O)(OC[C@H]1O[C@@H](n2ccc(=O)[nH]c2=S)C(C)(O)[C@H]1O)Oc1ccccc1. The monoisotopic (exact) mass is 557 g/mol. The third-order valence-electron chi connectivity index (χ3n) is 5.68. The van der Waals surface area contributed by atoms with Crippen LogP contribution in [0.4, 0.5) is 0 Å². The molecule has 0 aliphatic carbocycles. The highest BCUT2D eigenvalue weighted by Crippen LogP contribution is 2.47. The van der Waals surface area contributed by atoms with Crippen LogP contribution in [0.15, 0.2) is 47.4 Å². The Kier molecular flexibility index (Phi) is 9.81. The van der Waals surface area contributed by atoms with Gasteiger partial charge in [-0.3, -0.25) is 23.7 Å². The Morgan fingerprint density at radius 3 is 2.70 bits per heavy atom. The maximum atomic E-state index is 13.7. The molecule has 1 unspecified atom stereocenters. The van der Waals surface area contributed by atoms with Gasteiger partial charge in [-0.25, -0.2) is 4.57 Å².